The summed E-state index contributed by atoms with van der Waals surface area (Å²) in [6, 6.07) is 0. The second kappa shape index (κ2) is 8.35. The highest BCUT2D eigenvalue weighted by Gasteiger charge is 1.85. The molecule has 0 aromatic carbocycles. The van der Waals surface area contributed by atoms with E-state index < -0.39 is 0 Å². The molecule has 0 aliphatic heterocycles. The second-order valence-corrected chi connectivity index (χ2v) is 2.71. The molecule has 0 rings (SSSR count). The van der Waals surface area contributed by atoms with Gasteiger partial charge in [0.25, 0.3) is 0 Å². The standard InChI is InChI=1S/C6H15O2P/c1-3-4-5-6-8-9-7-2/h9H,3-6H2,1-2H3. The highest BCUT2D eigenvalue weighted by Crippen LogP contribution is 2.11. The van der Waals surface area contributed by atoms with Gasteiger partial charge in [-0.15, -0.1) is 0 Å². The van der Waals surface area contributed by atoms with Gasteiger partial charge in [0.2, 0.25) is 0 Å². The average molecular weight is 150 g/mol. The zero-order valence-corrected chi connectivity index (χ0v) is 7.14. The lowest BCUT2D eigenvalue weighted by atomic mass is 10.3. The summed E-state index contributed by atoms with van der Waals surface area (Å²) in [6.07, 6.45) is 3.67. The minimum Gasteiger partial charge on any atom is -0.340 e. The van der Waals surface area contributed by atoms with Crippen LogP contribution in [0.1, 0.15) is 26.2 Å². The zero-order chi connectivity index (χ0) is 6.95. The van der Waals surface area contributed by atoms with Crippen LogP contribution in [0.3, 0.4) is 0 Å². The van der Waals surface area contributed by atoms with E-state index in [1.807, 2.05) is 0 Å². The normalized spacial score (nSPS) is 11.3. The van der Waals surface area contributed by atoms with Crippen LogP contribution in [0, 0.1) is 0 Å². The highest BCUT2D eigenvalue weighted by molar-refractivity contribution is 7.26. The van der Waals surface area contributed by atoms with Crippen LogP contribution in [-0.4, -0.2) is 13.7 Å². The maximum Gasteiger partial charge on any atom is 0.154 e. The van der Waals surface area contributed by atoms with Crippen molar-refractivity contribution < 1.29 is 9.05 Å². The van der Waals surface area contributed by atoms with E-state index in [0.29, 0.717) is 0 Å². The number of hydrogen-bond acceptors (Lipinski definition) is 2. The first-order valence-corrected chi connectivity index (χ1v) is 4.13. The van der Waals surface area contributed by atoms with E-state index >= 15 is 0 Å². The molecule has 0 saturated carbocycles. The summed E-state index contributed by atoms with van der Waals surface area (Å²) in [7, 11) is 1.88. The summed E-state index contributed by atoms with van der Waals surface area (Å²) in [4.78, 5) is 0. The van der Waals surface area contributed by atoms with E-state index in [4.69, 9.17) is 9.05 Å². The molecule has 1 unspecified atom stereocenters. The number of rotatable bonds is 6. The topological polar surface area (TPSA) is 18.5 Å². The van der Waals surface area contributed by atoms with Gasteiger partial charge in [0, 0.05) is 7.11 Å². The molecule has 0 N–H and O–H groups in total. The number of unbranched alkanes of at least 4 members (excludes halogenated alkanes) is 2. The van der Waals surface area contributed by atoms with Gasteiger partial charge in [-0.3, -0.25) is 0 Å². The molecule has 0 spiro atoms. The molecule has 3 heteroatoms. The molecular formula is C6H15O2P. The largest absolute Gasteiger partial charge is 0.340 e. The fraction of sp³-hybridized carbons (Fsp3) is 1.00. The van der Waals surface area contributed by atoms with Gasteiger partial charge in [-0.05, 0) is 6.42 Å². The Hall–Kier alpha value is 0.350. The molecule has 9 heavy (non-hydrogen) atoms. The molecule has 0 saturated heterocycles. The quantitative estimate of drug-likeness (QED) is 0.427. The summed E-state index contributed by atoms with van der Waals surface area (Å²) in [5, 5.41) is 0. The molecule has 56 valence electrons. The van der Waals surface area contributed by atoms with Crippen LogP contribution < -0.4 is 0 Å². The Kier molecular flexibility index (Phi) is 8.67. The average Bonchev–Trinajstić information content (AvgIpc) is 1.89. The van der Waals surface area contributed by atoms with Gasteiger partial charge in [-0.2, -0.15) is 0 Å². The third-order valence-corrected chi connectivity index (χ3v) is 1.48. The van der Waals surface area contributed by atoms with Crippen LogP contribution in [0.25, 0.3) is 0 Å². The van der Waals surface area contributed by atoms with E-state index in [9.17, 15) is 0 Å². The van der Waals surface area contributed by atoms with Crippen molar-refractivity contribution in [1.82, 2.24) is 0 Å². The Morgan fingerprint density at radius 3 is 2.67 bits per heavy atom. The summed E-state index contributed by atoms with van der Waals surface area (Å²) in [5.74, 6) is 0. The monoisotopic (exact) mass is 150 g/mol. The molecule has 0 aliphatic rings. The van der Waals surface area contributed by atoms with Crippen LogP contribution in [0.5, 0.6) is 0 Å². The lowest BCUT2D eigenvalue weighted by molar-refractivity contribution is 0.293. The van der Waals surface area contributed by atoms with Crippen molar-refractivity contribution >= 4 is 9.03 Å². The van der Waals surface area contributed by atoms with Crippen LogP contribution >= 0.6 is 9.03 Å². The Labute approximate surface area is 58.9 Å². The molecule has 0 aliphatic carbocycles. The van der Waals surface area contributed by atoms with Crippen molar-refractivity contribution in [3.05, 3.63) is 0 Å². The Balaban J connectivity index is 2.60. The summed E-state index contributed by atoms with van der Waals surface area (Å²) in [5.41, 5.74) is 0. The van der Waals surface area contributed by atoms with Crippen molar-refractivity contribution in [1.29, 1.82) is 0 Å². The maximum absolute atomic E-state index is 5.09. The van der Waals surface area contributed by atoms with E-state index in [1.165, 1.54) is 12.8 Å². The Morgan fingerprint density at radius 1 is 1.33 bits per heavy atom. The summed E-state index contributed by atoms with van der Waals surface area (Å²) < 4.78 is 9.82. The predicted octanol–water partition coefficient (Wildman–Crippen LogP) is 2.35. The van der Waals surface area contributed by atoms with Crippen molar-refractivity contribution in [2.24, 2.45) is 0 Å². The van der Waals surface area contributed by atoms with Gasteiger partial charge in [0.15, 0.2) is 9.03 Å². The van der Waals surface area contributed by atoms with Crippen LogP contribution in [0.15, 0.2) is 0 Å². The Morgan fingerprint density at radius 2 is 2.11 bits per heavy atom. The van der Waals surface area contributed by atoms with Crippen molar-refractivity contribution in [2.45, 2.75) is 26.2 Å². The summed E-state index contributed by atoms with van der Waals surface area (Å²) >= 11 is 0. The minimum absolute atomic E-state index is 0.226. The zero-order valence-electron chi connectivity index (χ0n) is 6.14. The van der Waals surface area contributed by atoms with Gasteiger partial charge in [-0.1, -0.05) is 19.8 Å². The molecule has 0 aromatic rings. The van der Waals surface area contributed by atoms with E-state index in [1.54, 1.807) is 7.11 Å². The molecule has 2 nitrogen and oxygen atoms in total. The van der Waals surface area contributed by atoms with Gasteiger partial charge in [0.05, 0.1) is 6.61 Å². The first-order valence-electron chi connectivity index (χ1n) is 3.31. The molecule has 0 bridgehead atoms. The molecular weight excluding hydrogens is 135 g/mol. The smallest absolute Gasteiger partial charge is 0.154 e. The molecule has 0 aromatic heterocycles. The third-order valence-electron chi connectivity index (χ3n) is 0.992. The fourth-order valence-electron chi connectivity index (χ4n) is 0.525. The van der Waals surface area contributed by atoms with Gasteiger partial charge in [-0.25, -0.2) is 0 Å². The Bertz CT molecular complexity index is 44.3. The third kappa shape index (κ3) is 8.35. The van der Waals surface area contributed by atoms with Gasteiger partial charge < -0.3 is 9.05 Å². The molecule has 1 atom stereocenters. The maximum atomic E-state index is 5.09. The molecule has 0 radical (unpaired) electrons. The SMILES string of the molecule is CCCCCOPOC. The molecule has 0 fully saturated rings. The summed E-state index contributed by atoms with van der Waals surface area (Å²) in [6.45, 7) is 3.03. The predicted molar refractivity (Wildman–Crippen MR) is 40.8 cm³/mol. The lowest BCUT2D eigenvalue weighted by Crippen LogP contribution is -1.84. The van der Waals surface area contributed by atoms with Gasteiger partial charge >= 0.3 is 0 Å². The van der Waals surface area contributed by atoms with Crippen molar-refractivity contribution in [2.75, 3.05) is 13.7 Å². The minimum atomic E-state index is 0.226. The van der Waals surface area contributed by atoms with E-state index in [0.717, 1.165) is 13.0 Å². The lowest BCUT2D eigenvalue weighted by Gasteiger charge is -1.98. The first kappa shape index (κ1) is 9.35. The molecule has 0 heterocycles. The molecule has 0 amide bonds. The fourth-order valence-corrected chi connectivity index (χ4v) is 0.870. The highest BCUT2D eigenvalue weighted by atomic mass is 31.1. The van der Waals surface area contributed by atoms with E-state index in [-0.39, 0.29) is 9.03 Å². The van der Waals surface area contributed by atoms with Crippen LogP contribution in [0.4, 0.5) is 0 Å². The van der Waals surface area contributed by atoms with Gasteiger partial charge in [0.1, 0.15) is 0 Å². The second-order valence-electron chi connectivity index (χ2n) is 1.84. The number of hydrogen-bond donors (Lipinski definition) is 0. The van der Waals surface area contributed by atoms with Crippen LogP contribution in [0.2, 0.25) is 0 Å². The van der Waals surface area contributed by atoms with Crippen molar-refractivity contribution in [3.8, 4) is 0 Å². The first-order chi connectivity index (χ1) is 4.41. The van der Waals surface area contributed by atoms with Crippen LogP contribution in [-0.2, 0) is 9.05 Å². The van der Waals surface area contributed by atoms with E-state index in [2.05, 4.69) is 6.92 Å². The van der Waals surface area contributed by atoms with Crippen molar-refractivity contribution in [3.63, 3.8) is 0 Å².